The first-order valence-corrected chi connectivity index (χ1v) is 6.73. The Balaban J connectivity index is 2.19. The monoisotopic (exact) mass is 247 g/mol. The fourth-order valence-electron chi connectivity index (χ4n) is 2.94. The van der Waals surface area contributed by atoms with Gasteiger partial charge in [-0.2, -0.15) is 0 Å². The molecule has 98 valence electrons. The van der Waals surface area contributed by atoms with E-state index in [-0.39, 0.29) is 0 Å². The number of carboxylic acids is 1. The molecule has 3 heteroatoms. The van der Waals surface area contributed by atoms with Crippen LogP contribution in [0, 0.1) is 12.8 Å². The zero-order valence-electron chi connectivity index (χ0n) is 11.1. The lowest BCUT2D eigenvalue weighted by Gasteiger charge is -2.22. The van der Waals surface area contributed by atoms with E-state index >= 15 is 0 Å². The van der Waals surface area contributed by atoms with Crippen molar-refractivity contribution >= 4 is 11.7 Å². The van der Waals surface area contributed by atoms with Crippen molar-refractivity contribution in [1.82, 2.24) is 0 Å². The van der Waals surface area contributed by atoms with Crippen LogP contribution in [0.15, 0.2) is 18.2 Å². The predicted molar refractivity (Wildman–Crippen MR) is 73.2 cm³/mol. The Morgan fingerprint density at radius 3 is 2.89 bits per heavy atom. The number of benzene rings is 1. The minimum absolute atomic E-state index is 0.394. The maximum atomic E-state index is 11.1. The van der Waals surface area contributed by atoms with Crippen molar-refractivity contribution in [1.29, 1.82) is 0 Å². The van der Waals surface area contributed by atoms with Gasteiger partial charge in [0.05, 0.1) is 5.56 Å². The molecule has 3 nitrogen and oxygen atoms in total. The number of carboxylic acid groups (broad SMARTS) is 1. The van der Waals surface area contributed by atoms with Crippen LogP contribution in [0.5, 0.6) is 0 Å². The summed E-state index contributed by atoms with van der Waals surface area (Å²) in [6.45, 7) is 4.10. The van der Waals surface area contributed by atoms with Crippen LogP contribution < -0.4 is 5.32 Å². The summed E-state index contributed by atoms with van der Waals surface area (Å²) in [6.07, 6.45) is 4.93. The Morgan fingerprint density at radius 1 is 1.44 bits per heavy atom. The molecule has 2 N–H and O–H groups in total. The summed E-state index contributed by atoms with van der Waals surface area (Å²) in [5.41, 5.74) is 2.21. The highest BCUT2D eigenvalue weighted by atomic mass is 16.4. The molecule has 0 spiro atoms. The maximum Gasteiger partial charge on any atom is 0.336 e. The minimum atomic E-state index is -0.852. The highest BCUT2D eigenvalue weighted by molar-refractivity contribution is 5.91. The molecule has 0 heterocycles. The quantitative estimate of drug-likeness (QED) is 0.853. The van der Waals surface area contributed by atoms with E-state index in [1.54, 1.807) is 6.07 Å². The lowest BCUT2D eigenvalue weighted by Crippen LogP contribution is -2.24. The van der Waals surface area contributed by atoms with Gasteiger partial charge in [-0.3, -0.25) is 0 Å². The zero-order valence-corrected chi connectivity index (χ0v) is 11.1. The molecule has 1 aliphatic rings. The summed E-state index contributed by atoms with van der Waals surface area (Å²) in [7, 11) is 0. The topological polar surface area (TPSA) is 49.3 Å². The van der Waals surface area contributed by atoms with Gasteiger partial charge in [0.2, 0.25) is 0 Å². The van der Waals surface area contributed by atoms with E-state index in [2.05, 4.69) is 12.2 Å². The maximum absolute atomic E-state index is 11.1. The third-order valence-electron chi connectivity index (χ3n) is 4.09. The number of aromatic carboxylic acids is 1. The third kappa shape index (κ3) is 2.50. The molecule has 0 aliphatic heterocycles. The van der Waals surface area contributed by atoms with Crippen LogP contribution in [-0.4, -0.2) is 17.1 Å². The Bertz CT molecular complexity index is 442. The molecule has 0 amide bonds. The molecule has 1 aromatic rings. The smallest absolute Gasteiger partial charge is 0.336 e. The highest BCUT2D eigenvalue weighted by Crippen LogP contribution is 2.32. The van der Waals surface area contributed by atoms with Crippen LogP contribution in [0.3, 0.4) is 0 Å². The SMILES string of the molecule is CCC1CCCC1Nc1cccc(C(=O)O)c1C. The van der Waals surface area contributed by atoms with Crippen molar-refractivity contribution < 1.29 is 9.90 Å². The molecule has 2 rings (SSSR count). The van der Waals surface area contributed by atoms with Gasteiger partial charge in [0.15, 0.2) is 0 Å². The van der Waals surface area contributed by atoms with Gasteiger partial charge in [-0.05, 0) is 43.4 Å². The van der Waals surface area contributed by atoms with Crippen LogP contribution in [0.1, 0.15) is 48.5 Å². The van der Waals surface area contributed by atoms with Crippen molar-refractivity contribution in [3.8, 4) is 0 Å². The predicted octanol–water partition coefficient (Wildman–Crippen LogP) is 3.68. The average Bonchev–Trinajstić information content (AvgIpc) is 2.78. The fraction of sp³-hybridized carbons (Fsp3) is 0.533. The zero-order chi connectivity index (χ0) is 13.1. The Kier molecular flexibility index (Phi) is 3.90. The first kappa shape index (κ1) is 12.9. The fourth-order valence-corrected chi connectivity index (χ4v) is 2.94. The third-order valence-corrected chi connectivity index (χ3v) is 4.09. The van der Waals surface area contributed by atoms with E-state index in [1.165, 1.54) is 25.7 Å². The second kappa shape index (κ2) is 5.42. The van der Waals surface area contributed by atoms with E-state index in [4.69, 9.17) is 5.11 Å². The molecule has 2 unspecified atom stereocenters. The Hall–Kier alpha value is -1.51. The number of hydrogen-bond acceptors (Lipinski definition) is 2. The molecule has 2 atom stereocenters. The van der Waals surface area contributed by atoms with Gasteiger partial charge >= 0.3 is 5.97 Å². The van der Waals surface area contributed by atoms with Crippen LogP contribution in [0.2, 0.25) is 0 Å². The normalized spacial score (nSPS) is 23.0. The molecule has 0 bridgehead atoms. The van der Waals surface area contributed by atoms with Crippen molar-refractivity contribution in [2.75, 3.05) is 5.32 Å². The van der Waals surface area contributed by atoms with Gasteiger partial charge in [0.1, 0.15) is 0 Å². The van der Waals surface area contributed by atoms with Gasteiger partial charge in [-0.25, -0.2) is 4.79 Å². The number of carbonyl (C=O) groups is 1. The first-order valence-electron chi connectivity index (χ1n) is 6.73. The van der Waals surface area contributed by atoms with Gasteiger partial charge in [-0.15, -0.1) is 0 Å². The molecule has 0 aromatic heterocycles. The molecule has 18 heavy (non-hydrogen) atoms. The van der Waals surface area contributed by atoms with Crippen LogP contribution in [-0.2, 0) is 0 Å². The summed E-state index contributed by atoms with van der Waals surface area (Å²) in [6, 6.07) is 5.95. The van der Waals surface area contributed by atoms with Crippen molar-refractivity contribution in [3.05, 3.63) is 29.3 Å². The van der Waals surface area contributed by atoms with Crippen LogP contribution >= 0.6 is 0 Å². The standard InChI is InChI=1S/C15H21NO2/c1-3-11-6-4-9-14(11)16-13-8-5-7-12(10(13)2)15(17)18/h5,7-8,11,14,16H,3-4,6,9H2,1-2H3,(H,17,18). The lowest BCUT2D eigenvalue weighted by molar-refractivity contribution is 0.0696. The number of nitrogens with one attached hydrogen (secondary N) is 1. The largest absolute Gasteiger partial charge is 0.478 e. The summed E-state index contributed by atoms with van der Waals surface area (Å²) < 4.78 is 0. The van der Waals surface area contributed by atoms with E-state index in [0.29, 0.717) is 11.6 Å². The molecule has 0 radical (unpaired) electrons. The highest BCUT2D eigenvalue weighted by Gasteiger charge is 2.26. The molecule has 1 aromatic carbocycles. The van der Waals surface area contributed by atoms with Gasteiger partial charge in [0, 0.05) is 11.7 Å². The average molecular weight is 247 g/mol. The van der Waals surface area contributed by atoms with E-state index < -0.39 is 5.97 Å². The van der Waals surface area contributed by atoms with Crippen molar-refractivity contribution in [3.63, 3.8) is 0 Å². The second-order valence-electron chi connectivity index (χ2n) is 5.13. The number of hydrogen-bond donors (Lipinski definition) is 2. The van der Waals surface area contributed by atoms with E-state index in [9.17, 15) is 4.79 Å². The van der Waals surface area contributed by atoms with Crippen LogP contribution in [0.25, 0.3) is 0 Å². The minimum Gasteiger partial charge on any atom is -0.478 e. The molecule has 0 saturated heterocycles. The van der Waals surface area contributed by atoms with Crippen LogP contribution in [0.4, 0.5) is 5.69 Å². The molecular formula is C15H21NO2. The Labute approximate surface area is 108 Å². The molecule has 1 saturated carbocycles. The second-order valence-corrected chi connectivity index (χ2v) is 5.13. The summed E-state index contributed by atoms with van der Waals surface area (Å²) in [4.78, 5) is 11.1. The number of anilines is 1. The summed E-state index contributed by atoms with van der Waals surface area (Å²) in [5, 5.41) is 12.7. The molecular weight excluding hydrogens is 226 g/mol. The number of rotatable bonds is 4. The van der Waals surface area contributed by atoms with Gasteiger partial charge in [-0.1, -0.05) is 25.8 Å². The first-order chi connectivity index (χ1) is 8.63. The van der Waals surface area contributed by atoms with E-state index in [1.807, 2.05) is 19.1 Å². The summed E-state index contributed by atoms with van der Waals surface area (Å²) >= 11 is 0. The molecule has 1 fully saturated rings. The molecule has 1 aliphatic carbocycles. The van der Waals surface area contributed by atoms with Crippen molar-refractivity contribution in [2.24, 2.45) is 5.92 Å². The van der Waals surface area contributed by atoms with Crippen molar-refractivity contribution in [2.45, 2.75) is 45.6 Å². The van der Waals surface area contributed by atoms with Gasteiger partial charge < -0.3 is 10.4 Å². The summed E-state index contributed by atoms with van der Waals surface area (Å²) in [5.74, 6) is -0.132. The van der Waals surface area contributed by atoms with Gasteiger partial charge in [0.25, 0.3) is 0 Å². The van der Waals surface area contributed by atoms with E-state index in [0.717, 1.165) is 17.2 Å². The Morgan fingerprint density at radius 2 is 2.22 bits per heavy atom. The lowest BCUT2D eigenvalue weighted by atomic mass is 9.99.